The van der Waals surface area contributed by atoms with Crippen molar-refractivity contribution in [1.29, 1.82) is 0 Å². The number of aryl methyl sites for hydroxylation is 2. The number of nitrogens with one attached hydrogen (secondary N) is 2. The number of carbonyl (C=O) groups is 1. The van der Waals surface area contributed by atoms with E-state index in [4.69, 9.17) is 0 Å². The van der Waals surface area contributed by atoms with Crippen molar-refractivity contribution in [2.75, 3.05) is 0 Å². The van der Waals surface area contributed by atoms with Crippen LogP contribution in [0.3, 0.4) is 0 Å². The van der Waals surface area contributed by atoms with Gasteiger partial charge in [0.2, 0.25) is 0 Å². The highest BCUT2D eigenvalue weighted by Crippen LogP contribution is 2.35. The Balaban J connectivity index is 1.36. The van der Waals surface area contributed by atoms with Crippen molar-refractivity contribution in [3.05, 3.63) is 94.0 Å². The number of hydrogen-bond donors (Lipinski definition) is 2. The summed E-state index contributed by atoms with van der Waals surface area (Å²) in [5, 5.41) is 12.8. The largest absolute Gasteiger partial charge is 0.343 e. The van der Waals surface area contributed by atoms with Crippen molar-refractivity contribution < 1.29 is 4.79 Å². The van der Waals surface area contributed by atoms with Crippen LogP contribution in [0.5, 0.6) is 0 Å². The van der Waals surface area contributed by atoms with Crippen LogP contribution in [0.2, 0.25) is 0 Å². The van der Waals surface area contributed by atoms with E-state index in [9.17, 15) is 9.59 Å². The van der Waals surface area contributed by atoms with Crippen molar-refractivity contribution >= 4 is 27.7 Å². The van der Waals surface area contributed by atoms with Crippen LogP contribution in [-0.4, -0.2) is 25.7 Å². The molecule has 1 saturated carbocycles. The molecule has 0 spiro atoms. The molecule has 2 aromatic carbocycles. The number of fused-ring (bicyclic) bond motifs is 2. The van der Waals surface area contributed by atoms with Gasteiger partial charge in [-0.3, -0.25) is 19.7 Å². The van der Waals surface area contributed by atoms with E-state index in [1.807, 2.05) is 55.5 Å². The highest BCUT2D eigenvalue weighted by atomic mass is 16.1. The van der Waals surface area contributed by atoms with E-state index in [0.717, 1.165) is 57.2 Å². The minimum atomic E-state index is -0.110. The van der Waals surface area contributed by atoms with E-state index in [1.54, 1.807) is 23.9 Å². The van der Waals surface area contributed by atoms with Gasteiger partial charge in [-0.25, -0.2) is 0 Å². The van der Waals surface area contributed by atoms with Crippen LogP contribution in [0.4, 0.5) is 0 Å². The molecule has 1 atom stereocenters. The van der Waals surface area contributed by atoms with Gasteiger partial charge >= 0.3 is 0 Å². The zero-order valence-corrected chi connectivity index (χ0v) is 21.0. The van der Waals surface area contributed by atoms with Gasteiger partial charge in [0, 0.05) is 41.2 Å². The molecule has 1 unspecified atom stereocenters. The highest BCUT2D eigenvalue weighted by molar-refractivity contribution is 6.02. The quantitative estimate of drug-likeness (QED) is 0.342. The summed E-state index contributed by atoms with van der Waals surface area (Å²) in [6, 6.07) is 19.1. The summed E-state index contributed by atoms with van der Waals surface area (Å²) >= 11 is 0. The van der Waals surface area contributed by atoms with Gasteiger partial charge in [-0.05, 0) is 73.7 Å². The molecule has 37 heavy (non-hydrogen) atoms. The maximum Gasteiger partial charge on any atom is 0.251 e. The van der Waals surface area contributed by atoms with Gasteiger partial charge in [0.05, 0.1) is 28.5 Å². The first-order valence-corrected chi connectivity index (χ1v) is 12.8. The lowest BCUT2D eigenvalue weighted by molar-refractivity contribution is 0.0920. The highest BCUT2D eigenvalue weighted by Gasteiger charge is 2.29. The van der Waals surface area contributed by atoms with E-state index in [1.165, 1.54) is 12.8 Å². The number of aromatic nitrogens is 4. The molecule has 1 amide bonds. The van der Waals surface area contributed by atoms with Crippen LogP contribution in [-0.2, 0) is 7.05 Å². The molecular formula is C30H29N5O2. The molecule has 0 bridgehead atoms. The number of benzene rings is 2. The summed E-state index contributed by atoms with van der Waals surface area (Å²) in [4.78, 5) is 30.2. The third kappa shape index (κ3) is 4.20. The fourth-order valence-electron chi connectivity index (χ4n) is 5.65. The summed E-state index contributed by atoms with van der Waals surface area (Å²) < 4.78 is 1.65. The summed E-state index contributed by atoms with van der Waals surface area (Å²) in [5.41, 5.74) is 5.84. The molecule has 7 nitrogen and oxygen atoms in total. The summed E-state index contributed by atoms with van der Waals surface area (Å²) in [6.45, 7) is 1.95. The second-order valence-electron chi connectivity index (χ2n) is 10.0. The lowest BCUT2D eigenvalue weighted by atomic mass is 9.94. The molecule has 7 heteroatoms. The molecule has 3 heterocycles. The average molecular weight is 492 g/mol. The summed E-state index contributed by atoms with van der Waals surface area (Å²) in [6.07, 6.45) is 6.36. The SMILES string of the molecule is Cc1cc(=O)n(C)c2ccc(-c3n[nH]c4ccc(C(=O)NC(c5ccccn5)C5CCCC5)cc34)cc12. The van der Waals surface area contributed by atoms with Crippen LogP contribution >= 0.6 is 0 Å². The van der Waals surface area contributed by atoms with Gasteiger partial charge in [-0.15, -0.1) is 0 Å². The minimum Gasteiger partial charge on any atom is -0.343 e. The van der Waals surface area contributed by atoms with E-state index in [0.29, 0.717) is 11.5 Å². The van der Waals surface area contributed by atoms with Crippen molar-refractivity contribution in [3.8, 4) is 11.3 Å². The van der Waals surface area contributed by atoms with E-state index >= 15 is 0 Å². The van der Waals surface area contributed by atoms with Crippen molar-refractivity contribution in [1.82, 2.24) is 25.1 Å². The Morgan fingerprint density at radius 3 is 2.68 bits per heavy atom. The van der Waals surface area contributed by atoms with E-state index < -0.39 is 0 Å². The zero-order valence-electron chi connectivity index (χ0n) is 21.0. The molecule has 0 radical (unpaired) electrons. The number of hydrogen-bond acceptors (Lipinski definition) is 4. The van der Waals surface area contributed by atoms with Gasteiger partial charge in [-0.1, -0.05) is 25.0 Å². The normalized spacial score (nSPS) is 14.9. The van der Waals surface area contributed by atoms with Gasteiger partial charge in [0.15, 0.2) is 0 Å². The first kappa shape index (κ1) is 23.2. The molecule has 2 N–H and O–H groups in total. The van der Waals surface area contributed by atoms with Gasteiger partial charge in [-0.2, -0.15) is 5.10 Å². The van der Waals surface area contributed by atoms with Crippen LogP contribution in [0, 0.1) is 12.8 Å². The lowest BCUT2D eigenvalue weighted by Crippen LogP contribution is -2.33. The number of H-pyrrole nitrogens is 1. The average Bonchev–Trinajstić information content (AvgIpc) is 3.61. The monoisotopic (exact) mass is 491 g/mol. The second kappa shape index (κ2) is 9.32. The van der Waals surface area contributed by atoms with Crippen molar-refractivity contribution in [2.24, 2.45) is 13.0 Å². The Morgan fingerprint density at radius 2 is 1.89 bits per heavy atom. The number of pyridine rings is 2. The third-order valence-electron chi connectivity index (χ3n) is 7.72. The maximum absolute atomic E-state index is 13.5. The number of rotatable bonds is 5. The van der Waals surface area contributed by atoms with Crippen LogP contribution in [0.1, 0.15) is 53.3 Å². The van der Waals surface area contributed by atoms with Crippen LogP contribution in [0.25, 0.3) is 33.1 Å². The number of nitrogens with zero attached hydrogens (tertiary/aromatic N) is 3. The molecule has 5 aromatic rings. The van der Waals surface area contributed by atoms with Gasteiger partial charge in [0.25, 0.3) is 11.5 Å². The molecule has 6 rings (SSSR count). The summed E-state index contributed by atoms with van der Waals surface area (Å²) in [7, 11) is 1.78. The van der Waals surface area contributed by atoms with Crippen molar-refractivity contribution in [3.63, 3.8) is 0 Å². The van der Waals surface area contributed by atoms with Crippen LogP contribution < -0.4 is 10.9 Å². The molecular weight excluding hydrogens is 462 g/mol. The fourth-order valence-corrected chi connectivity index (χ4v) is 5.65. The molecule has 1 aliphatic carbocycles. The topological polar surface area (TPSA) is 92.7 Å². The van der Waals surface area contributed by atoms with Gasteiger partial charge < -0.3 is 9.88 Å². The predicted octanol–water partition coefficient (Wildman–Crippen LogP) is 5.45. The van der Waals surface area contributed by atoms with E-state index in [-0.39, 0.29) is 17.5 Å². The molecule has 186 valence electrons. The molecule has 0 aliphatic heterocycles. The summed E-state index contributed by atoms with van der Waals surface area (Å²) in [5.74, 6) is 0.282. The standard InChI is InChI=1S/C30H29N5O2/c1-18-15-27(36)35(2)26-13-11-20(16-22(18)26)28-23-17-21(10-12-24(23)33-34-28)30(37)32-29(19-7-3-4-8-19)25-9-5-6-14-31-25/h5-6,9-17,19,29H,3-4,7-8H2,1-2H3,(H,32,37)(H,33,34). The van der Waals surface area contributed by atoms with E-state index in [2.05, 4.69) is 26.6 Å². The Hall–Kier alpha value is -4.26. The fraction of sp³-hybridized carbons (Fsp3) is 0.267. The van der Waals surface area contributed by atoms with Crippen molar-refractivity contribution in [2.45, 2.75) is 38.6 Å². The lowest BCUT2D eigenvalue weighted by Gasteiger charge is -2.24. The van der Waals surface area contributed by atoms with Gasteiger partial charge in [0.1, 0.15) is 0 Å². The first-order valence-electron chi connectivity index (χ1n) is 12.8. The molecule has 1 aliphatic rings. The number of amides is 1. The minimum absolute atomic E-state index is 0.0276. The Labute approximate surface area is 214 Å². The number of carbonyl (C=O) groups excluding carboxylic acids is 1. The third-order valence-corrected chi connectivity index (χ3v) is 7.72. The zero-order chi connectivity index (χ0) is 25.5. The first-order chi connectivity index (χ1) is 18.0. The Kier molecular flexibility index (Phi) is 5.83. The molecule has 0 saturated heterocycles. The Bertz CT molecular complexity index is 1680. The number of aromatic amines is 1. The molecule has 3 aromatic heterocycles. The maximum atomic E-state index is 13.5. The second-order valence-corrected chi connectivity index (χ2v) is 10.0. The Morgan fingerprint density at radius 1 is 1.05 bits per heavy atom. The smallest absolute Gasteiger partial charge is 0.251 e. The molecule has 1 fully saturated rings. The predicted molar refractivity (Wildman–Crippen MR) is 145 cm³/mol. The van der Waals surface area contributed by atoms with Crippen LogP contribution in [0.15, 0.2) is 71.7 Å².